The van der Waals surface area contributed by atoms with E-state index in [1.165, 1.54) is 6.92 Å². The Morgan fingerprint density at radius 3 is 2.62 bits per heavy atom. The summed E-state index contributed by atoms with van der Waals surface area (Å²) >= 11 is 3.27. The molecular formula is C12H15BrO3. The van der Waals surface area contributed by atoms with Crippen molar-refractivity contribution in [1.29, 1.82) is 0 Å². The van der Waals surface area contributed by atoms with Crippen LogP contribution >= 0.6 is 15.9 Å². The van der Waals surface area contributed by atoms with Crippen molar-refractivity contribution >= 4 is 21.9 Å². The first kappa shape index (κ1) is 13.2. The van der Waals surface area contributed by atoms with E-state index < -0.39 is 0 Å². The van der Waals surface area contributed by atoms with Gasteiger partial charge < -0.3 is 9.47 Å². The molecule has 0 aliphatic carbocycles. The number of hydrogen-bond acceptors (Lipinski definition) is 3. The summed E-state index contributed by atoms with van der Waals surface area (Å²) in [5.74, 6) is -0.284. The summed E-state index contributed by atoms with van der Waals surface area (Å²) in [4.78, 5) is 10.7. The molecule has 0 bridgehead atoms. The number of carbonyl (C=O) groups excluding carboxylic acids is 1. The predicted molar refractivity (Wildman–Crippen MR) is 65.4 cm³/mol. The zero-order valence-corrected chi connectivity index (χ0v) is 10.8. The molecule has 0 radical (unpaired) electrons. The molecule has 1 atom stereocenters. The fourth-order valence-corrected chi connectivity index (χ4v) is 1.55. The Morgan fingerprint density at radius 2 is 2.06 bits per heavy atom. The number of hydrogen-bond donors (Lipinski definition) is 0. The van der Waals surface area contributed by atoms with Crippen LogP contribution in [0, 0.1) is 0 Å². The molecule has 16 heavy (non-hydrogen) atoms. The van der Waals surface area contributed by atoms with Gasteiger partial charge in [0.25, 0.3) is 0 Å². The summed E-state index contributed by atoms with van der Waals surface area (Å²) in [6.07, 6.45) is -0.221. The Morgan fingerprint density at radius 1 is 1.38 bits per heavy atom. The van der Waals surface area contributed by atoms with E-state index in [1.54, 1.807) is 0 Å². The molecule has 88 valence electrons. The van der Waals surface area contributed by atoms with Gasteiger partial charge in [0.2, 0.25) is 0 Å². The lowest BCUT2D eigenvalue weighted by atomic mass is 10.2. The van der Waals surface area contributed by atoms with Crippen molar-refractivity contribution in [2.24, 2.45) is 0 Å². The zero-order valence-electron chi connectivity index (χ0n) is 9.19. The Hall–Kier alpha value is -0.870. The van der Waals surface area contributed by atoms with E-state index in [0.29, 0.717) is 18.5 Å². The molecule has 0 aromatic heterocycles. The maximum atomic E-state index is 10.7. The van der Waals surface area contributed by atoms with Crippen LogP contribution in [-0.4, -0.2) is 24.0 Å². The van der Waals surface area contributed by atoms with Crippen LogP contribution in [0.3, 0.4) is 0 Å². The fourth-order valence-electron chi connectivity index (χ4n) is 1.23. The number of ether oxygens (including phenoxy) is 2. The van der Waals surface area contributed by atoms with E-state index >= 15 is 0 Å². The van der Waals surface area contributed by atoms with Gasteiger partial charge in [-0.05, 0) is 5.56 Å². The summed E-state index contributed by atoms with van der Waals surface area (Å²) < 4.78 is 10.5. The average molecular weight is 287 g/mol. The molecule has 0 spiro atoms. The summed E-state index contributed by atoms with van der Waals surface area (Å²) in [6, 6.07) is 9.88. The minimum atomic E-state index is -0.284. The van der Waals surface area contributed by atoms with Crippen molar-refractivity contribution in [1.82, 2.24) is 0 Å². The van der Waals surface area contributed by atoms with E-state index in [2.05, 4.69) is 15.9 Å². The van der Waals surface area contributed by atoms with Gasteiger partial charge in [0, 0.05) is 12.3 Å². The Kier molecular flexibility index (Phi) is 6.11. The van der Waals surface area contributed by atoms with E-state index in [1.807, 2.05) is 30.3 Å². The molecule has 4 heteroatoms. The Bertz CT molecular complexity index is 313. The van der Waals surface area contributed by atoms with E-state index in [4.69, 9.17) is 9.47 Å². The number of carbonyl (C=O) groups is 1. The summed E-state index contributed by atoms with van der Waals surface area (Å²) in [7, 11) is 0. The minimum absolute atomic E-state index is 0.221. The van der Waals surface area contributed by atoms with Crippen LogP contribution in [0.2, 0.25) is 0 Å². The van der Waals surface area contributed by atoms with Gasteiger partial charge in [-0.25, -0.2) is 0 Å². The van der Waals surface area contributed by atoms with E-state index in [9.17, 15) is 4.79 Å². The van der Waals surface area contributed by atoms with Gasteiger partial charge in [-0.1, -0.05) is 46.3 Å². The van der Waals surface area contributed by atoms with Crippen LogP contribution in [0.5, 0.6) is 0 Å². The molecule has 1 rings (SSSR count). The quantitative estimate of drug-likeness (QED) is 0.596. The van der Waals surface area contributed by atoms with Crippen molar-refractivity contribution in [3.05, 3.63) is 35.9 Å². The van der Waals surface area contributed by atoms with Gasteiger partial charge in [-0.3, -0.25) is 4.79 Å². The first-order valence-corrected chi connectivity index (χ1v) is 6.19. The van der Waals surface area contributed by atoms with Crippen molar-refractivity contribution in [3.8, 4) is 0 Å². The second-order valence-electron chi connectivity index (χ2n) is 3.39. The summed E-state index contributed by atoms with van der Waals surface area (Å²) in [6.45, 7) is 2.33. The average Bonchev–Trinajstić information content (AvgIpc) is 2.28. The van der Waals surface area contributed by atoms with Gasteiger partial charge in [-0.2, -0.15) is 0 Å². The third-order valence-corrected chi connectivity index (χ3v) is 2.64. The van der Waals surface area contributed by atoms with Gasteiger partial charge in [0.05, 0.1) is 13.2 Å². The largest absolute Gasteiger partial charge is 0.459 e. The molecule has 0 heterocycles. The molecule has 1 aromatic carbocycles. The van der Waals surface area contributed by atoms with Crippen molar-refractivity contribution < 1.29 is 14.3 Å². The van der Waals surface area contributed by atoms with Crippen molar-refractivity contribution in [2.75, 3.05) is 11.9 Å². The van der Waals surface area contributed by atoms with Crippen LogP contribution in [-0.2, 0) is 20.9 Å². The van der Waals surface area contributed by atoms with Crippen molar-refractivity contribution in [2.45, 2.75) is 19.6 Å². The molecule has 1 unspecified atom stereocenters. The van der Waals surface area contributed by atoms with Gasteiger partial charge in [0.15, 0.2) is 0 Å². The number of esters is 1. The van der Waals surface area contributed by atoms with Gasteiger partial charge in [-0.15, -0.1) is 0 Å². The highest BCUT2D eigenvalue weighted by Gasteiger charge is 2.10. The Balaban J connectivity index is 2.26. The lowest BCUT2D eigenvalue weighted by molar-refractivity contribution is -0.148. The fraction of sp³-hybridized carbons (Fsp3) is 0.417. The molecule has 1 aromatic rings. The normalized spacial score (nSPS) is 12.1. The predicted octanol–water partition coefficient (Wildman–Crippen LogP) is 2.53. The highest BCUT2D eigenvalue weighted by Crippen LogP contribution is 2.04. The smallest absolute Gasteiger partial charge is 0.303 e. The molecule has 0 saturated carbocycles. The number of rotatable bonds is 6. The number of alkyl halides is 1. The van der Waals surface area contributed by atoms with Crippen LogP contribution in [0.25, 0.3) is 0 Å². The maximum Gasteiger partial charge on any atom is 0.303 e. The second-order valence-corrected chi connectivity index (χ2v) is 4.03. The molecule has 0 fully saturated rings. The van der Waals surface area contributed by atoms with Gasteiger partial charge in [0.1, 0.15) is 6.10 Å². The Labute approximate surface area is 104 Å². The third kappa shape index (κ3) is 5.28. The molecule has 0 N–H and O–H groups in total. The number of benzene rings is 1. The minimum Gasteiger partial charge on any atom is -0.459 e. The molecule has 0 amide bonds. The van der Waals surface area contributed by atoms with Crippen molar-refractivity contribution in [3.63, 3.8) is 0 Å². The van der Waals surface area contributed by atoms with Crippen LogP contribution in [0.4, 0.5) is 0 Å². The highest BCUT2D eigenvalue weighted by molar-refractivity contribution is 9.09. The monoisotopic (exact) mass is 286 g/mol. The summed E-state index contributed by atoms with van der Waals surface area (Å²) in [5.41, 5.74) is 1.11. The number of halogens is 1. The van der Waals surface area contributed by atoms with Crippen LogP contribution < -0.4 is 0 Å². The van der Waals surface area contributed by atoms with E-state index in [0.717, 1.165) is 5.56 Å². The third-order valence-electron chi connectivity index (χ3n) is 1.92. The first-order chi connectivity index (χ1) is 7.72. The highest BCUT2D eigenvalue weighted by atomic mass is 79.9. The maximum absolute atomic E-state index is 10.7. The van der Waals surface area contributed by atoms with Crippen LogP contribution in [0.15, 0.2) is 30.3 Å². The first-order valence-electron chi connectivity index (χ1n) is 5.07. The zero-order chi connectivity index (χ0) is 11.8. The second kappa shape index (κ2) is 7.41. The lowest BCUT2D eigenvalue weighted by Crippen LogP contribution is -2.23. The lowest BCUT2D eigenvalue weighted by Gasteiger charge is -2.14. The molecule has 0 aliphatic heterocycles. The SMILES string of the molecule is CC(=O)OC(CBr)COCc1ccccc1. The molecule has 0 saturated heterocycles. The molecule has 0 aliphatic rings. The summed E-state index contributed by atoms with van der Waals surface area (Å²) in [5, 5.41) is 0.585. The van der Waals surface area contributed by atoms with Gasteiger partial charge >= 0.3 is 5.97 Å². The molecular weight excluding hydrogens is 272 g/mol. The topological polar surface area (TPSA) is 35.5 Å². The van der Waals surface area contributed by atoms with Crippen LogP contribution in [0.1, 0.15) is 12.5 Å². The standard InChI is InChI=1S/C12H15BrO3/c1-10(14)16-12(7-13)9-15-8-11-5-3-2-4-6-11/h2-6,12H,7-9H2,1H3. The molecule has 3 nitrogen and oxygen atoms in total. The van der Waals surface area contributed by atoms with E-state index in [-0.39, 0.29) is 12.1 Å².